The second kappa shape index (κ2) is 6.26. The van der Waals surface area contributed by atoms with Gasteiger partial charge in [-0.05, 0) is 40.5 Å². The van der Waals surface area contributed by atoms with Crippen molar-refractivity contribution in [2.45, 2.75) is 18.4 Å². The van der Waals surface area contributed by atoms with Crippen LogP contribution in [0.3, 0.4) is 0 Å². The third-order valence-corrected chi connectivity index (χ3v) is 5.40. The van der Waals surface area contributed by atoms with Crippen LogP contribution in [0.4, 0.5) is 5.82 Å². The molecular weight excluding hydrogens is 354 g/mol. The predicted molar refractivity (Wildman–Crippen MR) is 95.1 cm³/mol. The van der Waals surface area contributed by atoms with E-state index in [1.165, 1.54) is 6.07 Å². The highest BCUT2D eigenvalue weighted by Gasteiger charge is 2.21. The Morgan fingerprint density at radius 1 is 1.08 bits per heavy atom. The summed E-state index contributed by atoms with van der Waals surface area (Å²) in [6.45, 7) is 2.58. The molecule has 0 saturated heterocycles. The molecule has 0 spiro atoms. The summed E-state index contributed by atoms with van der Waals surface area (Å²) in [5.74, 6) is 0.229. The highest BCUT2D eigenvalue weighted by molar-refractivity contribution is 7.93. The van der Waals surface area contributed by atoms with Crippen molar-refractivity contribution in [3.8, 4) is 0 Å². The Bertz CT molecular complexity index is 1180. The van der Waals surface area contributed by atoms with Crippen molar-refractivity contribution < 1.29 is 13.0 Å². The smallest absolute Gasteiger partial charge is 0.265 e. The van der Waals surface area contributed by atoms with E-state index in [1.807, 2.05) is 31.2 Å². The number of aromatic nitrogens is 4. The minimum absolute atomic E-state index is 0.00953. The van der Waals surface area contributed by atoms with E-state index in [0.29, 0.717) is 12.1 Å². The Labute approximate surface area is 149 Å². The first-order valence-electron chi connectivity index (χ1n) is 7.85. The molecule has 0 aliphatic heterocycles. The average molecular weight is 369 g/mol. The molecule has 0 fully saturated rings. The van der Waals surface area contributed by atoms with Crippen molar-refractivity contribution >= 4 is 26.9 Å². The Balaban J connectivity index is 1.59. The van der Waals surface area contributed by atoms with Gasteiger partial charge >= 0.3 is 0 Å². The summed E-state index contributed by atoms with van der Waals surface area (Å²) in [5, 5.41) is 11.6. The summed E-state index contributed by atoms with van der Waals surface area (Å²) in [4.78, 5) is -0.00953. The molecule has 8 nitrogen and oxygen atoms in total. The fourth-order valence-corrected chi connectivity index (χ4v) is 3.81. The third-order valence-electron chi connectivity index (χ3n) is 4.01. The van der Waals surface area contributed by atoms with E-state index in [4.69, 9.17) is 0 Å². The van der Waals surface area contributed by atoms with E-state index in [1.54, 1.807) is 29.1 Å². The Kier molecular flexibility index (Phi) is 3.92. The van der Waals surface area contributed by atoms with E-state index in [2.05, 4.69) is 24.8 Å². The van der Waals surface area contributed by atoms with Crippen LogP contribution in [0.15, 0.2) is 64.3 Å². The van der Waals surface area contributed by atoms with Gasteiger partial charge in [-0.1, -0.05) is 30.3 Å². The number of hydrogen-bond acceptors (Lipinski definition) is 6. The van der Waals surface area contributed by atoms with Gasteiger partial charge in [0.1, 0.15) is 10.4 Å². The molecule has 1 N–H and O–H groups in total. The zero-order valence-electron chi connectivity index (χ0n) is 13.8. The first-order valence-corrected chi connectivity index (χ1v) is 9.33. The Hall–Kier alpha value is -3.20. The van der Waals surface area contributed by atoms with Crippen LogP contribution in [-0.4, -0.2) is 28.5 Å². The van der Waals surface area contributed by atoms with E-state index in [9.17, 15) is 8.42 Å². The molecule has 0 radical (unpaired) electrons. The number of nitrogens with zero attached hydrogens (tertiary/aromatic N) is 4. The first-order chi connectivity index (χ1) is 12.5. The second-order valence-electron chi connectivity index (χ2n) is 5.82. The van der Waals surface area contributed by atoms with Crippen LogP contribution in [-0.2, 0) is 16.6 Å². The highest BCUT2D eigenvalue weighted by Crippen LogP contribution is 2.22. The zero-order valence-corrected chi connectivity index (χ0v) is 14.6. The Morgan fingerprint density at radius 3 is 2.77 bits per heavy atom. The van der Waals surface area contributed by atoms with Gasteiger partial charge in [-0.3, -0.25) is 9.40 Å². The van der Waals surface area contributed by atoms with Gasteiger partial charge < -0.3 is 0 Å². The number of anilines is 1. The van der Waals surface area contributed by atoms with E-state index >= 15 is 0 Å². The van der Waals surface area contributed by atoms with Crippen LogP contribution in [0, 0.1) is 6.92 Å². The molecule has 0 amide bonds. The fourth-order valence-electron chi connectivity index (χ4n) is 2.66. The molecule has 0 aliphatic rings. The largest absolute Gasteiger partial charge is 0.266 e. The average Bonchev–Trinajstić information content (AvgIpc) is 3.25. The van der Waals surface area contributed by atoms with Crippen LogP contribution in [0.25, 0.3) is 11.0 Å². The molecule has 2 aromatic heterocycles. The molecule has 0 saturated carbocycles. The fraction of sp³-hybridized carbons (Fsp3) is 0.118. The maximum atomic E-state index is 12.7. The van der Waals surface area contributed by atoms with Gasteiger partial charge in [-0.15, -0.1) is 0 Å². The van der Waals surface area contributed by atoms with Crippen molar-refractivity contribution in [1.29, 1.82) is 0 Å². The molecule has 0 aliphatic carbocycles. The molecule has 26 heavy (non-hydrogen) atoms. The van der Waals surface area contributed by atoms with Gasteiger partial charge in [0.25, 0.3) is 10.0 Å². The minimum atomic E-state index is -3.87. The summed E-state index contributed by atoms with van der Waals surface area (Å²) in [6.07, 6.45) is 1.72. The molecule has 0 atom stereocenters. The Morgan fingerprint density at radius 2 is 1.92 bits per heavy atom. The SMILES string of the molecule is Cc1ccccc1Cn1ccc(NS(=O)(=O)c2cccc3nonc23)n1. The van der Waals surface area contributed by atoms with Crippen molar-refractivity contribution in [2.75, 3.05) is 4.72 Å². The number of hydrogen-bond donors (Lipinski definition) is 1. The van der Waals surface area contributed by atoms with Crippen molar-refractivity contribution in [2.24, 2.45) is 0 Å². The maximum Gasteiger partial charge on any atom is 0.265 e. The number of benzene rings is 2. The van der Waals surface area contributed by atoms with Crippen LogP contribution in [0.2, 0.25) is 0 Å². The predicted octanol–water partition coefficient (Wildman–Crippen LogP) is 2.58. The van der Waals surface area contributed by atoms with Gasteiger partial charge in [-0.25, -0.2) is 13.0 Å². The summed E-state index contributed by atoms with van der Waals surface area (Å²) >= 11 is 0. The monoisotopic (exact) mass is 369 g/mol. The van der Waals surface area contributed by atoms with Gasteiger partial charge in [0.05, 0.1) is 6.54 Å². The lowest BCUT2D eigenvalue weighted by Gasteiger charge is -2.07. The molecule has 4 rings (SSSR count). The second-order valence-corrected chi connectivity index (χ2v) is 7.47. The standard InChI is InChI=1S/C17H15N5O3S/c1-12-5-2-3-6-13(12)11-22-10-9-16(18-22)21-26(23,24)15-8-4-7-14-17(15)20-25-19-14/h2-10H,11H2,1H3,(H,18,21). The van der Waals surface area contributed by atoms with Crippen molar-refractivity contribution in [3.05, 3.63) is 65.9 Å². The van der Waals surface area contributed by atoms with Crippen molar-refractivity contribution in [1.82, 2.24) is 20.1 Å². The normalized spacial score (nSPS) is 11.7. The molecular formula is C17H15N5O3S. The molecule has 4 aromatic rings. The lowest BCUT2D eigenvalue weighted by molar-refractivity contribution is 0.315. The van der Waals surface area contributed by atoms with E-state index in [0.717, 1.165) is 11.1 Å². The molecule has 0 unspecified atom stereocenters. The van der Waals surface area contributed by atoms with E-state index in [-0.39, 0.29) is 16.2 Å². The number of fused-ring (bicyclic) bond motifs is 1. The molecule has 0 bridgehead atoms. The molecule has 132 valence electrons. The van der Waals surface area contributed by atoms with Crippen LogP contribution in [0.5, 0.6) is 0 Å². The third kappa shape index (κ3) is 3.04. The van der Waals surface area contributed by atoms with Crippen LogP contribution < -0.4 is 4.72 Å². The van der Waals surface area contributed by atoms with Crippen LogP contribution in [0.1, 0.15) is 11.1 Å². The van der Waals surface area contributed by atoms with Gasteiger partial charge in [0, 0.05) is 12.3 Å². The lowest BCUT2D eigenvalue weighted by Crippen LogP contribution is -2.14. The topological polar surface area (TPSA) is 103 Å². The van der Waals surface area contributed by atoms with Crippen LogP contribution >= 0.6 is 0 Å². The first kappa shape index (κ1) is 16.3. The summed E-state index contributed by atoms with van der Waals surface area (Å²) in [7, 11) is -3.87. The quantitative estimate of drug-likeness (QED) is 0.580. The number of sulfonamides is 1. The van der Waals surface area contributed by atoms with Gasteiger partial charge in [0.15, 0.2) is 11.3 Å². The summed E-state index contributed by atoms with van der Waals surface area (Å²) in [6, 6.07) is 14.2. The highest BCUT2D eigenvalue weighted by atomic mass is 32.2. The number of nitrogens with one attached hydrogen (secondary N) is 1. The van der Waals surface area contributed by atoms with E-state index < -0.39 is 10.0 Å². The maximum absolute atomic E-state index is 12.7. The molecule has 9 heteroatoms. The minimum Gasteiger partial charge on any atom is -0.266 e. The lowest BCUT2D eigenvalue weighted by atomic mass is 10.1. The van der Waals surface area contributed by atoms with Gasteiger partial charge in [-0.2, -0.15) is 5.10 Å². The van der Waals surface area contributed by atoms with Gasteiger partial charge in [0.2, 0.25) is 0 Å². The number of rotatable bonds is 5. The van der Waals surface area contributed by atoms with Crippen molar-refractivity contribution in [3.63, 3.8) is 0 Å². The summed E-state index contributed by atoms with van der Waals surface area (Å²) in [5.41, 5.74) is 2.82. The molecule has 2 heterocycles. The molecule has 2 aromatic carbocycles. The zero-order chi connectivity index (χ0) is 18.1. The number of aryl methyl sites for hydroxylation is 1. The summed E-state index contributed by atoms with van der Waals surface area (Å²) < 4.78 is 34.1.